The van der Waals surface area contributed by atoms with Crippen LogP contribution < -0.4 is 0 Å². The second-order valence-corrected chi connectivity index (χ2v) is 7.26. The Labute approximate surface area is 153 Å². The van der Waals surface area contributed by atoms with Gasteiger partial charge in [0.05, 0.1) is 24.0 Å². The van der Waals surface area contributed by atoms with E-state index in [9.17, 15) is 4.55 Å². The molecule has 0 bridgehead atoms. The van der Waals surface area contributed by atoms with E-state index >= 15 is 0 Å². The number of nitrogens with zero attached hydrogens (tertiary/aromatic N) is 4. The van der Waals surface area contributed by atoms with Crippen molar-refractivity contribution in [1.82, 2.24) is 20.1 Å². The summed E-state index contributed by atoms with van der Waals surface area (Å²) in [6.07, 6.45) is 13.9. The molecule has 0 aliphatic heterocycles. The summed E-state index contributed by atoms with van der Waals surface area (Å²) in [4.78, 5) is 14.1. The molecule has 130 valence electrons. The monoisotopic (exact) mass is 364 g/mol. The number of benzene rings is 1. The summed E-state index contributed by atoms with van der Waals surface area (Å²) in [5.74, 6) is 1.09. The fourth-order valence-corrected chi connectivity index (χ4v) is 3.20. The smallest absolute Gasteiger partial charge is 0.234 e. The van der Waals surface area contributed by atoms with Crippen molar-refractivity contribution < 1.29 is 9.08 Å². The highest BCUT2D eigenvalue weighted by molar-refractivity contribution is 7.90. The molecule has 0 saturated carbocycles. The standard InChI is InChI=1S/C19H16N4O2S/c1-26(24)15-9-7-13(8-10-15)16-11-20-12-17(21-16)18-22-19(25-23-18)14-5-3-2-4-6-14/h2-5,7-12,14H,6H2,1H3. The highest BCUT2D eigenvalue weighted by Crippen LogP contribution is 2.26. The summed E-state index contributed by atoms with van der Waals surface area (Å²) >= 11 is -1.01. The van der Waals surface area contributed by atoms with Gasteiger partial charge in [-0.3, -0.25) is 4.98 Å². The van der Waals surface area contributed by atoms with Crippen LogP contribution in [0, 0.1) is 0 Å². The van der Waals surface area contributed by atoms with E-state index < -0.39 is 11.2 Å². The third-order valence-corrected chi connectivity index (χ3v) is 5.02. The third kappa shape index (κ3) is 3.44. The van der Waals surface area contributed by atoms with E-state index in [1.807, 2.05) is 42.5 Å². The molecular formula is C19H16N4O2S. The van der Waals surface area contributed by atoms with E-state index in [4.69, 9.17) is 4.52 Å². The Balaban J connectivity index is 1.60. The summed E-state index contributed by atoms with van der Waals surface area (Å²) < 4.78 is 16.9. The van der Waals surface area contributed by atoms with Crippen molar-refractivity contribution in [3.05, 3.63) is 66.9 Å². The Kier molecular flexibility index (Phi) is 4.64. The molecule has 0 amide bonds. The lowest BCUT2D eigenvalue weighted by atomic mass is 10.0. The molecule has 6 nitrogen and oxygen atoms in total. The van der Waals surface area contributed by atoms with Gasteiger partial charge in [0.15, 0.2) is 4.90 Å². The molecule has 1 aliphatic carbocycles. The normalized spacial score (nSPS) is 17.4. The predicted molar refractivity (Wildman–Crippen MR) is 98.7 cm³/mol. The van der Waals surface area contributed by atoms with Crippen molar-refractivity contribution in [1.29, 1.82) is 0 Å². The molecule has 2 unspecified atom stereocenters. The highest BCUT2D eigenvalue weighted by atomic mass is 32.2. The SMILES string of the molecule is C[S+]([O-])c1ccc(-c2cncc(-c3noc(C4C=CC=CC4)n3)n2)cc1. The zero-order valence-corrected chi connectivity index (χ0v) is 14.9. The number of rotatable bonds is 4. The Morgan fingerprint density at radius 1 is 1.08 bits per heavy atom. The Morgan fingerprint density at radius 2 is 1.88 bits per heavy atom. The van der Waals surface area contributed by atoms with Gasteiger partial charge in [0.1, 0.15) is 11.9 Å². The second kappa shape index (κ2) is 7.23. The summed E-state index contributed by atoms with van der Waals surface area (Å²) in [6, 6.07) is 7.42. The van der Waals surface area contributed by atoms with Crippen LogP contribution in [0.1, 0.15) is 18.2 Å². The number of hydrogen-bond donors (Lipinski definition) is 0. The van der Waals surface area contributed by atoms with E-state index in [-0.39, 0.29) is 5.92 Å². The molecule has 2 heterocycles. The van der Waals surface area contributed by atoms with Gasteiger partial charge < -0.3 is 9.08 Å². The van der Waals surface area contributed by atoms with Gasteiger partial charge in [-0.05, 0) is 41.9 Å². The molecule has 0 spiro atoms. The van der Waals surface area contributed by atoms with Crippen LogP contribution in [-0.2, 0) is 11.2 Å². The lowest BCUT2D eigenvalue weighted by molar-refractivity contribution is 0.368. The minimum absolute atomic E-state index is 0.0971. The van der Waals surface area contributed by atoms with Crippen molar-refractivity contribution in [2.75, 3.05) is 6.26 Å². The summed E-state index contributed by atoms with van der Waals surface area (Å²) in [7, 11) is 0. The topological polar surface area (TPSA) is 87.8 Å². The minimum atomic E-state index is -1.01. The van der Waals surface area contributed by atoms with Crippen LogP contribution in [0.4, 0.5) is 0 Å². The first-order chi connectivity index (χ1) is 12.7. The first-order valence-electron chi connectivity index (χ1n) is 8.14. The Bertz CT molecular complexity index is 964. The highest BCUT2D eigenvalue weighted by Gasteiger charge is 2.18. The maximum absolute atomic E-state index is 11.5. The van der Waals surface area contributed by atoms with E-state index in [2.05, 4.69) is 26.2 Å². The van der Waals surface area contributed by atoms with Crippen molar-refractivity contribution in [2.45, 2.75) is 17.2 Å². The van der Waals surface area contributed by atoms with Gasteiger partial charge >= 0.3 is 0 Å². The van der Waals surface area contributed by atoms with Gasteiger partial charge in [0.2, 0.25) is 11.7 Å². The quantitative estimate of drug-likeness (QED) is 0.658. The maximum Gasteiger partial charge on any atom is 0.234 e. The minimum Gasteiger partial charge on any atom is -0.612 e. The van der Waals surface area contributed by atoms with Crippen molar-refractivity contribution in [3.63, 3.8) is 0 Å². The average Bonchev–Trinajstić information content (AvgIpc) is 3.19. The van der Waals surface area contributed by atoms with Crippen molar-refractivity contribution in [2.24, 2.45) is 0 Å². The Hall–Kier alpha value is -2.77. The van der Waals surface area contributed by atoms with Gasteiger partial charge in [0, 0.05) is 5.56 Å². The summed E-state index contributed by atoms with van der Waals surface area (Å²) in [5.41, 5.74) is 2.14. The molecule has 0 radical (unpaired) electrons. The van der Waals surface area contributed by atoms with Gasteiger partial charge in [-0.1, -0.05) is 29.5 Å². The lowest BCUT2D eigenvalue weighted by Gasteiger charge is -2.06. The Morgan fingerprint density at radius 3 is 2.62 bits per heavy atom. The summed E-state index contributed by atoms with van der Waals surface area (Å²) in [5, 5.41) is 4.05. The fraction of sp³-hybridized carbons (Fsp3) is 0.158. The van der Waals surface area contributed by atoms with Gasteiger partial charge in [-0.2, -0.15) is 4.98 Å². The summed E-state index contributed by atoms with van der Waals surface area (Å²) in [6.45, 7) is 0. The molecule has 0 N–H and O–H groups in total. The zero-order valence-electron chi connectivity index (χ0n) is 14.1. The molecular weight excluding hydrogens is 348 g/mol. The van der Waals surface area contributed by atoms with Crippen LogP contribution in [-0.4, -0.2) is 30.9 Å². The van der Waals surface area contributed by atoms with Crippen LogP contribution in [0.5, 0.6) is 0 Å². The molecule has 0 fully saturated rings. The molecule has 2 aromatic heterocycles. The maximum atomic E-state index is 11.5. The molecule has 26 heavy (non-hydrogen) atoms. The molecule has 1 aliphatic rings. The van der Waals surface area contributed by atoms with Crippen LogP contribution >= 0.6 is 0 Å². The van der Waals surface area contributed by atoms with Crippen molar-refractivity contribution >= 4 is 11.2 Å². The van der Waals surface area contributed by atoms with E-state index in [1.54, 1.807) is 18.6 Å². The number of allylic oxidation sites excluding steroid dienone is 4. The van der Waals surface area contributed by atoms with Gasteiger partial charge in [-0.25, -0.2) is 4.98 Å². The average molecular weight is 364 g/mol. The fourth-order valence-electron chi connectivity index (χ4n) is 2.68. The number of aromatic nitrogens is 4. The second-order valence-electron chi connectivity index (χ2n) is 5.88. The molecule has 7 heteroatoms. The molecule has 0 saturated heterocycles. The number of hydrogen-bond acceptors (Lipinski definition) is 6. The van der Waals surface area contributed by atoms with Crippen LogP contribution in [0.2, 0.25) is 0 Å². The largest absolute Gasteiger partial charge is 0.612 e. The van der Waals surface area contributed by atoms with Crippen LogP contribution in [0.15, 0.2) is 70.4 Å². The van der Waals surface area contributed by atoms with Crippen LogP contribution in [0.3, 0.4) is 0 Å². The first kappa shape index (κ1) is 16.7. The van der Waals surface area contributed by atoms with Gasteiger partial charge in [-0.15, -0.1) is 0 Å². The molecule has 4 rings (SSSR count). The zero-order chi connectivity index (χ0) is 17.9. The molecule has 2 atom stereocenters. The predicted octanol–water partition coefficient (Wildman–Crippen LogP) is 3.53. The van der Waals surface area contributed by atoms with Crippen LogP contribution in [0.25, 0.3) is 22.8 Å². The first-order valence-corrected chi connectivity index (χ1v) is 9.70. The lowest BCUT2D eigenvalue weighted by Crippen LogP contribution is -1.97. The molecule has 3 aromatic rings. The third-order valence-electron chi connectivity index (χ3n) is 4.09. The van der Waals surface area contributed by atoms with E-state index in [1.165, 1.54) is 0 Å². The van der Waals surface area contributed by atoms with Crippen molar-refractivity contribution in [3.8, 4) is 22.8 Å². The van der Waals surface area contributed by atoms with E-state index in [0.29, 0.717) is 23.1 Å². The van der Waals surface area contributed by atoms with Gasteiger partial charge in [0.25, 0.3) is 0 Å². The van der Waals surface area contributed by atoms with E-state index in [0.717, 1.165) is 16.9 Å². The molecule has 1 aromatic carbocycles.